The fraction of sp³-hybridized carbons (Fsp3) is 0.600. The number of benzene rings is 1. The third-order valence-electron chi connectivity index (χ3n) is 6.43. The van der Waals surface area contributed by atoms with Crippen LogP contribution in [0.25, 0.3) is 0 Å². The minimum atomic E-state index is -0.956. The Morgan fingerprint density at radius 3 is 2.15 bits per heavy atom. The number of hydrogen-bond acceptors (Lipinski definition) is 3. The van der Waals surface area contributed by atoms with Crippen LogP contribution in [0.2, 0.25) is 0 Å². The molecule has 4 saturated carbocycles. The molecule has 0 radical (unpaired) electrons. The Bertz CT molecular complexity index is 667. The molecule has 1 aromatic rings. The Morgan fingerprint density at radius 1 is 1.12 bits per heavy atom. The lowest BCUT2D eigenvalue weighted by molar-refractivity contribution is -0.154. The summed E-state index contributed by atoms with van der Waals surface area (Å²) in [6.07, 6.45) is 6.34. The number of carbonyl (C=O) groups excluding carboxylic acids is 1. The highest BCUT2D eigenvalue weighted by Crippen LogP contribution is 2.61. The van der Waals surface area contributed by atoms with Crippen LogP contribution < -0.4 is 10.1 Å². The Labute approximate surface area is 151 Å². The van der Waals surface area contributed by atoms with Gasteiger partial charge in [0.25, 0.3) is 5.91 Å². The molecule has 0 aliphatic heterocycles. The lowest BCUT2D eigenvalue weighted by Crippen LogP contribution is -2.60. The van der Waals surface area contributed by atoms with E-state index in [4.69, 9.17) is 4.74 Å². The van der Waals surface area contributed by atoms with Crippen LogP contribution in [-0.2, 0) is 9.59 Å². The van der Waals surface area contributed by atoms with Gasteiger partial charge in [0.15, 0.2) is 6.61 Å². The molecule has 4 aliphatic rings. The zero-order valence-corrected chi connectivity index (χ0v) is 14.6. The van der Waals surface area contributed by atoms with E-state index >= 15 is 0 Å². The maximum Gasteiger partial charge on any atom is 0.326 e. The topological polar surface area (TPSA) is 75.6 Å². The zero-order chi connectivity index (χ0) is 18.3. The van der Waals surface area contributed by atoms with Crippen molar-refractivity contribution in [3.05, 3.63) is 30.1 Å². The van der Waals surface area contributed by atoms with Crippen molar-refractivity contribution in [3.8, 4) is 5.75 Å². The zero-order valence-electron chi connectivity index (χ0n) is 14.6. The molecule has 140 valence electrons. The second-order valence-corrected chi connectivity index (χ2v) is 8.36. The quantitative estimate of drug-likeness (QED) is 0.817. The lowest BCUT2D eigenvalue weighted by Gasteiger charge is -2.58. The Balaban J connectivity index is 1.41. The van der Waals surface area contributed by atoms with Gasteiger partial charge in [-0.2, -0.15) is 0 Å². The summed E-state index contributed by atoms with van der Waals surface area (Å²) in [7, 11) is 0. The van der Waals surface area contributed by atoms with Gasteiger partial charge in [0, 0.05) is 5.41 Å². The van der Waals surface area contributed by atoms with Gasteiger partial charge >= 0.3 is 5.97 Å². The van der Waals surface area contributed by atoms with Crippen LogP contribution in [0, 0.1) is 29.0 Å². The van der Waals surface area contributed by atoms with Crippen molar-refractivity contribution in [2.24, 2.45) is 23.2 Å². The first kappa shape index (κ1) is 17.3. The van der Waals surface area contributed by atoms with E-state index in [0.29, 0.717) is 23.5 Å². The standard InChI is InChI=1S/C20H24FNO4/c21-15-1-3-16(4-2-15)26-11-17(23)22-18(19(24)25)20-8-12-5-13(9-20)7-14(6-12)10-20/h1-4,12-14,18H,5-11H2,(H,22,23)(H,24,25)/t12?,13?,14?,18-,20?/m1/s1. The molecule has 0 unspecified atom stereocenters. The molecule has 6 heteroatoms. The molecule has 1 amide bonds. The molecule has 0 heterocycles. The monoisotopic (exact) mass is 361 g/mol. The van der Waals surface area contributed by atoms with E-state index in [1.54, 1.807) is 0 Å². The van der Waals surface area contributed by atoms with E-state index in [1.165, 1.54) is 43.5 Å². The van der Waals surface area contributed by atoms with Crippen molar-refractivity contribution < 1.29 is 23.8 Å². The molecule has 1 aromatic carbocycles. The second kappa shape index (κ2) is 6.56. The predicted octanol–water partition coefficient (Wildman–Crippen LogP) is 2.99. The minimum Gasteiger partial charge on any atom is -0.484 e. The van der Waals surface area contributed by atoms with Crippen LogP contribution in [0.4, 0.5) is 4.39 Å². The average molecular weight is 361 g/mol. The summed E-state index contributed by atoms with van der Waals surface area (Å²) in [4.78, 5) is 24.3. The number of aliphatic carboxylic acids is 1. The van der Waals surface area contributed by atoms with E-state index < -0.39 is 17.9 Å². The fourth-order valence-electron chi connectivity index (χ4n) is 5.89. The Kier molecular flexibility index (Phi) is 4.37. The summed E-state index contributed by atoms with van der Waals surface area (Å²) < 4.78 is 18.3. The number of carboxylic acids is 1. The van der Waals surface area contributed by atoms with Crippen LogP contribution in [0.1, 0.15) is 38.5 Å². The number of ether oxygens (including phenoxy) is 1. The van der Waals surface area contributed by atoms with Crippen LogP contribution in [0.5, 0.6) is 5.75 Å². The predicted molar refractivity (Wildman–Crippen MR) is 92.1 cm³/mol. The molecule has 2 N–H and O–H groups in total. The number of halogens is 1. The maximum atomic E-state index is 12.9. The third-order valence-corrected chi connectivity index (χ3v) is 6.43. The Hall–Kier alpha value is -2.11. The van der Waals surface area contributed by atoms with Gasteiger partial charge in [0.05, 0.1) is 0 Å². The van der Waals surface area contributed by atoms with Crippen molar-refractivity contribution in [2.45, 2.75) is 44.6 Å². The van der Waals surface area contributed by atoms with Crippen molar-refractivity contribution >= 4 is 11.9 Å². The molecule has 0 aromatic heterocycles. The molecule has 0 spiro atoms. The minimum absolute atomic E-state index is 0.276. The number of rotatable bonds is 6. The molecule has 26 heavy (non-hydrogen) atoms. The highest BCUT2D eigenvalue weighted by Gasteiger charge is 2.56. The molecule has 4 aliphatic carbocycles. The van der Waals surface area contributed by atoms with E-state index in [1.807, 2.05) is 0 Å². The van der Waals surface area contributed by atoms with Gasteiger partial charge in [-0.25, -0.2) is 9.18 Å². The summed E-state index contributed by atoms with van der Waals surface area (Å²) in [6.45, 7) is -0.276. The second-order valence-electron chi connectivity index (χ2n) is 8.36. The van der Waals surface area contributed by atoms with Crippen molar-refractivity contribution in [2.75, 3.05) is 6.61 Å². The number of nitrogens with one attached hydrogen (secondary N) is 1. The number of carboxylic acid groups (broad SMARTS) is 1. The average Bonchev–Trinajstić information content (AvgIpc) is 2.57. The third kappa shape index (κ3) is 3.29. The lowest BCUT2D eigenvalue weighted by atomic mass is 9.47. The van der Waals surface area contributed by atoms with Gasteiger partial charge in [0.2, 0.25) is 0 Å². The van der Waals surface area contributed by atoms with Gasteiger partial charge in [-0.15, -0.1) is 0 Å². The van der Waals surface area contributed by atoms with Gasteiger partial charge < -0.3 is 15.2 Å². The maximum absolute atomic E-state index is 12.9. The fourth-order valence-corrected chi connectivity index (χ4v) is 5.89. The SMILES string of the molecule is O=C(COc1ccc(F)cc1)N[C@H](C(=O)O)C12CC3CC(CC(C3)C1)C2. The summed E-state index contributed by atoms with van der Waals surface area (Å²) in [5.41, 5.74) is -0.313. The van der Waals surface area contributed by atoms with E-state index in [-0.39, 0.29) is 17.8 Å². The summed E-state index contributed by atoms with van der Waals surface area (Å²) in [5.74, 6) is 0.416. The van der Waals surface area contributed by atoms with Gasteiger partial charge in [-0.3, -0.25) is 4.79 Å². The van der Waals surface area contributed by atoms with Gasteiger partial charge in [-0.1, -0.05) is 0 Å². The molecular weight excluding hydrogens is 337 g/mol. The van der Waals surface area contributed by atoms with Crippen LogP contribution in [0.15, 0.2) is 24.3 Å². The molecule has 5 nitrogen and oxygen atoms in total. The van der Waals surface area contributed by atoms with Crippen LogP contribution in [-0.4, -0.2) is 29.6 Å². The smallest absolute Gasteiger partial charge is 0.326 e. The first-order chi connectivity index (χ1) is 12.4. The van der Waals surface area contributed by atoms with E-state index in [9.17, 15) is 19.1 Å². The van der Waals surface area contributed by atoms with Crippen LogP contribution >= 0.6 is 0 Å². The van der Waals surface area contributed by atoms with Crippen molar-refractivity contribution in [1.82, 2.24) is 5.32 Å². The molecular formula is C20H24FNO4. The largest absolute Gasteiger partial charge is 0.484 e. The molecule has 5 rings (SSSR count). The molecule has 4 fully saturated rings. The molecule has 4 bridgehead atoms. The summed E-state index contributed by atoms with van der Waals surface area (Å²) in [6, 6.07) is 4.53. The normalized spacial score (nSPS) is 32.9. The summed E-state index contributed by atoms with van der Waals surface area (Å²) in [5, 5.41) is 12.5. The van der Waals surface area contributed by atoms with Crippen molar-refractivity contribution in [3.63, 3.8) is 0 Å². The molecule has 1 atom stereocenters. The Morgan fingerprint density at radius 2 is 1.65 bits per heavy atom. The first-order valence-corrected chi connectivity index (χ1v) is 9.34. The van der Waals surface area contributed by atoms with Gasteiger partial charge in [-0.05, 0) is 80.5 Å². The van der Waals surface area contributed by atoms with E-state index in [0.717, 1.165) is 19.3 Å². The highest BCUT2D eigenvalue weighted by atomic mass is 19.1. The number of carbonyl (C=O) groups is 2. The summed E-state index contributed by atoms with van der Waals surface area (Å²) >= 11 is 0. The molecule has 0 saturated heterocycles. The highest BCUT2D eigenvalue weighted by molar-refractivity contribution is 5.85. The number of hydrogen-bond donors (Lipinski definition) is 2. The number of amides is 1. The van der Waals surface area contributed by atoms with Gasteiger partial charge in [0.1, 0.15) is 17.6 Å². The van der Waals surface area contributed by atoms with Crippen LogP contribution in [0.3, 0.4) is 0 Å². The van der Waals surface area contributed by atoms with E-state index in [2.05, 4.69) is 5.32 Å². The van der Waals surface area contributed by atoms with Crippen molar-refractivity contribution in [1.29, 1.82) is 0 Å². The first-order valence-electron chi connectivity index (χ1n) is 9.34.